The van der Waals surface area contributed by atoms with E-state index in [1.807, 2.05) is 57.3 Å². The van der Waals surface area contributed by atoms with Crippen LogP contribution in [0.5, 0.6) is 17.2 Å². The molecule has 24 heavy (non-hydrogen) atoms. The highest BCUT2D eigenvalue weighted by molar-refractivity contribution is 14.1. The predicted octanol–water partition coefficient (Wildman–Crippen LogP) is 2.89. The highest BCUT2D eigenvalue weighted by Crippen LogP contribution is 2.31. The number of nitrogens with zero attached hydrogens (tertiary/aromatic N) is 1. The third-order valence-electron chi connectivity index (χ3n) is 3.23. The smallest absolute Gasteiger partial charge is 0.284 e. The Labute approximate surface area is 165 Å². The molecule has 0 aromatic heterocycles. The van der Waals surface area contributed by atoms with Crippen molar-refractivity contribution in [1.29, 1.82) is 0 Å². The number of hydrazone groups is 1. The summed E-state index contributed by atoms with van der Waals surface area (Å²) in [5, 5.41) is 13.7. The Hall–Kier alpha value is -1.56. The van der Waals surface area contributed by atoms with Crippen LogP contribution < -0.4 is 14.9 Å². The van der Waals surface area contributed by atoms with Crippen LogP contribution in [0.2, 0.25) is 0 Å². The van der Waals surface area contributed by atoms with Crippen LogP contribution in [0.25, 0.3) is 0 Å². The van der Waals surface area contributed by atoms with E-state index in [0.717, 1.165) is 5.56 Å². The number of amides is 1. The van der Waals surface area contributed by atoms with Gasteiger partial charge < -0.3 is 14.6 Å². The molecule has 0 saturated heterocycles. The zero-order valence-electron chi connectivity index (χ0n) is 12.2. The summed E-state index contributed by atoms with van der Waals surface area (Å²) in [5.41, 5.74) is 3.21. The predicted molar refractivity (Wildman–Crippen MR) is 106 cm³/mol. The average Bonchev–Trinajstić information content (AvgIpc) is 2.59. The van der Waals surface area contributed by atoms with Gasteiger partial charge in [0.25, 0.3) is 5.91 Å². The van der Waals surface area contributed by atoms with Crippen LogP contribution in [0, 0.1) is 7.14 Å². The first-order valence-electron chi connectivity index (χ1n) is 6.94. The molecule has 0 saturated carbocycles. The number of phenolic OH excluding ortho intramolecular Hbond substituents is 1. The highest BCUT2D eigenvalue weighted by Gasteiger charge is 2.26. The zero-order chi connectivity index (χ0) is 17.1. The van der Waals surface area contributed by atoms with E-state index in [0.29, 0.717) is 18.6 Å². The van der Waals surface area contributed by atoms with E-state index in [1.165, 1.54) is 6.21 Å². The van der Waals surface area contributed by atoms with Crippen LogP contribution in [0.1, 0.15) is 5.56 Å². The molecule has 0 unspecified atom stereocenters. The number of phenols is 1. The third kappa shape index (κ3) is 3.91. The van der Waals surface area contributed by atoms with E-state index < -0.39 is 6.10 Å². The standard InChI is InChI=1S/C16H12I2N2O4/c17-10-5-9(6-11(18)15(10)21)7-19-20-16(22)14-8-23-12-3-1-2-4-13(12)24-14/h1-7,14,21H,8H2,(H,20,22)/b19-7+/t14-/m1/s1. The summed E-state index contributed by atoms with van der Waals surface area (Å²) in [6.45, 7) is 0.132. The molecule has 6 nitrogen and oxygen atoms in total. The number of halogens is 2. The van der Waals surface area contributed by atoms with E-state index in [9.17, 15) is 9.90 Å². The van der Waals surface area contributed by atoms with Crippen molar-refractivity contribution in [3.05, 3.63) is 49.1 Å². The molecule has 2 aromatic carbocycles. The van der Waals surface area contributed by atoms with Crippen LogP contribution in [0.4, 0.5) is 0 Å². The second-order valence-electron chi connectivity index (χ2n) is 4.93. The third-order valence-corrected chi connectivity index (χ3v) is 4.87. The van der Waals surface area contributed by atoms with Crippen molar-refractivity contribution in [3.8, 4) is 17.2 Å². The number of ether oxygens (including phenoxy) is 2. The first-order valence-corrected chi connectivity index (χ1v) is 9.10. The van der Waals surface area contributed by atoms with E-state index in [4.69, 9.17) is 9.47 Å². The van der Waals surface area contributed by atoms with Crippen molar-refractivity contribution in [1.82, 2.24) is 5.43 Å². The maximum absolute atomic E-state index is 12.1. The second-order valence-corrected chi connectivity index (χ2v) is 7.26. The highest BCUT2D eigenvalue weighted by atomic mass is 127. The van der Waals surface area contributed by atoms with Gasteiger partial charge in [-0.1, -0.05) is 12.1 Å². The van der Waals surface area contributed by atoms with E-state index in [2.05, 4.69) is 10.5 Å². The Kier molecular flexibility index (Phi) is 5.43. The minimum atomic E-state index is -0.753. The van der Waals surface area contributed by atoms with Gasteiger partial charge >= 0.3 is 0 Å². The van der Waals surface area contributed by atoms with E-state index in [1.54, 1.807) is 24.3 Å². The zero-order valence-corrected chi connectivity index (χ0v) is 16.5. The Bertz CT molecular complexity index is 787. The molecule has 0 radical (unpaired) electrons. The van der Waals surface area contributed by atoms with Crippen LogP contribution in [0.3, 0.4) is 0 Å². The van der Waals surface area contributed by atoms with Crippen molar-refractivity contribution in [2.24, 2.45) is 5.10 Å². The summed E-state index contributed by atoms with van der Waals surface area (Å²) < 4.78 is 12.5. The van der Waals surface area contributed by atoms with Gasteiger partial charge in [0.1, 0.15) is 12.4 Å². The molecule has 0 spiro atoms. The molecule has 8 heteroatoms. The van der Waals surface area contributed by atoms with Crippen molar-refractivity contribution in [2.45, 2.75) is 6.10 Å². The lowest BCUT2D eigenvalue weighted by Crippen LogP contribution is -2.42. The fraction of sp³-hybridized carbons (Fsp3) is 0.125. The Morgan fingerprint density at radius 1 is 1.25 bits per heavy atom. The number of para-hydroxylation sites is 2. The van der Waals surface area contributed by atoms with E-state index >= 15 is 0 Å². The fourth-order valence-corrected chi connectivity index (χ4v) is 3.87. The number of aromatic hydroxyl groups is 1. The van der Waals surface area contributed by atoms with Gasteiger partial charge in [-0.25, -0.2) is 5.43 Å². The fourth-order valence-electron chi connectivity index (χ4n) is 2.05. The van der Waals surface area contributed by atoms with Gasteiger partial charge in [-0.2, -0.15) is 5.10 Å². The van der Waals surface area contributed by atoms with Crippen molar-refractivity contribution in [2.75, 3.05) is 6.61 Å². The minimum absolute atomic E-state index is 0.132. The molecule has 3 rings (SSSR count). The number of carbonyl (C=O) groups is 1. The summed E-state index contributed by atoms with van der Waals surface area (Å²) >= 11 is 4.07. The van der Waals surface area contributed by atoms with Crippen molar-refractivity contribution in [3.63, 3.8) is 0 Å². The second kappa shape index (κ2) is 7.55. The van der Waals surface area contributed by atoms with Gasteiger partial charge in [0.05, 0.1) is 13.4 Å². The molecule has 1 aliphatic rings. The molecule has 2 N–H and O–H groups in total. The van der Waals surface area contributed by atoms with Gasteiger partial charge in [-0.05, 0) is 75.0 Å². The van der Waals surface area contributed by atoms with Gasteiger partial charge in [0.2, 0.25) is 6.10 Å². The first-order chi connectivity index (χ1) is 11.5. The average molecular weight is 550 g/mol. The lowest BCUT2D eigenvalue weighted by atomic mass is 10.2. The maximum atomic E-state index is 12.1. The molecule has 0 aliphatic carbocycles. The Morgan fingerprint density at radius 2 is 1.92 bits per heavy atom. The number of nitrogens with one attached hydrogen (secondary N) is 1. The quantitative estimate of drug-likeness (QED) is 0.350. The number of fused-ring (bicyclic) bond motifs is 1. The van der Waals surface area contributed by atoms with Crippen LogP contribution in [-0.4, -0.2) is 29.9 Å². The first kappa shape index (κ1) is 17.3. The summed E-state index contributed by atoms with van der Waals surface area (Å²) in [7, 11) is 0. The normalized spacial score (nSPS) is 16.2. The molecule has 124 valence electrons. The van der Waals surface area contributed by atoms with Crippen LogP contribution in [0.15, 0.2) is 41.5 Å². The lowest BCUT2D eigenvalue weighted by Gasteiger charge is -2.24. The summed E-state index contributed by atoms with van der Waals surface area (Å²) in [4.78, 5) is 12.1. The van der Waals surface area contributed by atoms with Gasteiger partial charge in [-0.15, -0.1) is 0 Å². The largest absolute Gasteiger partial charge is 0.506 e. The van der Waals surface area contributed by atoms with Gasteiger partial charge in [-0.3, -0.25) is 4.79 Å². The van der Waals surface area contributed by atoms with Gasteiger partial charge in [0.15, 0.2) is 11.5 Å². The monoisotopic (exact) mass is 550 g/mol. The van der Waals surface area contributed by atoms with Crippen molar-refractivity contribution >= 4 is 57.3 Å². The van der Waals surface area contributed by atoms with Crippen molar-refractivity contribution < 1.29 is 19.4 Å². The molecule has 0 fully saturated rings. The van der Waals surface area contributed by atoms with Gasteiger partial charge in [0, 0.05) is 0 Å². The Balaban J connectivity index is 1.62. The lowest BCUT2D eigenvalue weighted by molar-refractivity contribution is -0.130. The molecular formula is C16H12I2N2O4. The Morgan fingerprint density at radius 3 is 2.62 bits per heavy atom. The number of benzene rings is 2. The molecule has 1 amide bonds. The molecule has 0 bridgehead atoms. The van der Waals surface area contributed by atoms with Crippen LogP contribution >= 0.6 is 45.2 Å². The molecule has 1 heterocycles. The summed E-state index contributed by atoms with van der Waals surface area (Å²) in [5.74, 6) is 1.02. The summed E-state index contributed by atoms with van der Waals surface area (Å²) in [6, 6.07) is 10.7. The number of rotatable bonds is 3. The molecule has 1 aliphatic heterocycles. The van der Waals surface area contributed by atoms with Crippen LogP contribution in [-0.2, 0) is 4.79 Å². The molecular weight excluding hydrogens is 538 g/mol. The number of hydrogen-bond acceptors (Lipinski definition) is 5. The molecule has 2 aromatic rings. The number of carbonyl (C=O) groups excluding carboxylic acids is 1. The molecule has 1 atom stereocenters. The summed E-state index contributed by atoms with van der Waals surface area (Å²) in [6.07, 6.45) is 0.761. The SMILES string of the molecule is O=C(N/N=C/c1cc(I)c(O)c(I)c1)[C@H]1COc2ccccc2O1. The minimum Gasteiger partial charge on any atom is -0.506 e. The topological polar surface area (TPSA) is 80.2 Å². The number of hydrogen-bond donors (Lipinski definition) is 2. The maximum Gasteiger partial charge on any atom is 0.284 e. The van der Waals surface area contributed by atoms with E-state index in [-0.39, 0.29) is 18.3 Å².